The third-order valence-corrected chi connectivity index (χ3v) is 2.48. The molecule has 0 aliphatic heterocycles. The second-order valence-corrected chi connectivity index (χ2v) is 3.84. The molecule has 0 aromatic rings. The van der Waals surface area contributed by atoms with Crippen molar-refractivity contribution in [3.63, 3.8) is 0 Å². The van der Waals surface area contributed by atoms with Crippen LogP contribution in [0.25, 0.3) is 0 Å². The molecule has 4 nitrogen and oxygen atoms in total. The summed E-state index contributed by atoms with van der Waals surface area (Å²) in [4.78, 5) is 10.1. The largest absolute Gasteiger partial charge is 0.481 e. The van der Waals surface area contributed by atoms with Gasteiger partial charge < -0.3 is 15.9 Å². The van der Waals surface area contributed by atoms with E-state index in [0.717, 1.165) is 5.75 Å². The van der Waals surface area contributed by atoms with Gasteiger partial charge in [0.25, 0.3) is 0 Å². The number of thioether (sulfide) groups is 1. The first-order chi connectivity index (χ1) is 5.52. The predicted molar refractivity (Wildman–Crippen MR) is 49.2 cm³/mol. The van der Waals surface area contributed by atoms with Crippen LogP contribution in [0, 0.1) is 0 Å². The highest BCUT2D eigenvalue weighted by atomic mass is 32.2. The highest BCUT2D eigenvalue weighted by Crippen LogP contribution is 2.06. The van der Waals surface area contributed by atoms with Crippen LogP contribution < -0.4 is 5.73 Å². The van der Waals surface area contributed by atoms with E-state index >= 15 is 0 Å². The van der Waals surface area contributed by atoms with E-state index in [9.17, 15) is 4.79 Å². The van der Waals surface area contributed by atoms with Crippen LogP contribution in [-0.2, 0) is 4.79 Å². The van der Waals surface area contributed by atoms with Crippen LogP contribution in [0.5, 0.6) is 0 Å². The zero-order valence-electron chi connectivity index (χ0n) is 7.06. The third kappa shape index (κ3) is 7.84. The van der Waals surface area contributed by atoms with Crippen molar-refractivity contribution in [1.29, 1.82) is 0 Å². The van der Waals surface area contributed by atoms with Gasteiger partial charge in [-0.15, -0.1) is 0 Å². The number of aliphatic hydroxyl groups is 1. The highest BCUT2D eigenvalue weighted by molar-refractivity contribution is 7.99. The van der Waals surface area contributed by atoms with E-state index in [4.69, 9.17) is 15.9 Å². The number of aliphatic hydroxyl groups excluding tert-OH is 1. The first-order valence-corrected chi connectivity index (χ1v) is 4.91. The average molecular weight is 193 g/mol. The smallest absolute Gasteiger partial charge is 0.306 e. The lowest BCUT2D eigenvalue weighted by molar-refractivity contribution is -0.138. The first-order valence-electron chi connectivity index (χ1n) is 3.75. The van der Waals surface area contributed by atoms with Gasteiger partial charge in [0.2, 0.25) is 0 Å². The summed E-state index contributed by atoms with van der Waals surface area (Å²) < 4.78 is 0. The molecule has 2 atom stereocenters. The second kappa shape index (κ2) is 6.28. The number of carbonyl (C=O) groups is 1. The van der Waals surface area contributed by atoms with Crippen molar-refractivity contribution >= 4 is 17.7 Å². The quantitative estimate of drug-likeness (QED) is 0.548. The Bertz CT molecular complexity index is 141. The summed E-state index contributed by atoms with van der Waals surface area (Å²) in [6, 6.07) is 0.0898. The molecule has 12 heavy (non-hydrogen) atoms. The van der Waals surface area contributed by atoms with Crippen LogP contribution >= 0.6 is 11.8 Å². The average Bonchev–Trinajstić information content (AvgIpc) is 1.84. The molecule has 0 rings (SSSR count). The molecule has 5 heteroatoms. The van der Waals surface area contributed by atoms with Gasteiger partial charge >= 0.3 is 5.97 Å². The molecule has 0 aromatic carbocycles. The molecule has 0 aromatic heterocycles. The Balaban J connectivity index is 3.31. The second-order valence-electron chi connectivity index (χ2n) is 2.77. The van der Waals surface area contributed by atoms with E-state index in [1.807, 2.05) is 6.92 Å². The number of rotatable bonds is 6. The van der Waals surface area contributed by atoms with E-state index in [2.05, 4.69) is 0 Å². The fourth-order valence-corrected chi connectivity index (χ4v) is 1.55. The van der Waals surface area contributed by atoms with Crippen molar-refractivity contribution in [3.8, 4) is 0 Å². The summed E-state index contributed by atoms with van der Waals surface area (Å²) >= 11 is 1.47. The van der Waals surface area contributed by atoms with Crippen molar-refractivity contribution in [3.05, 3.63) is 0 Å². The van der Waals surface area contributed by atoms with Crippen molar-refractivity contribution in [2.75, 3.05) is 11.5 Å². The van der Waals surface area contributed by atoms with Crippen molar-refractivity contribution in [2.45, 2.75) is 25.5 Å². The molecule has 0 fully saturated rings. The van der Waals surface area contributed by atoms with Crippen LogP contribution in [0.2, 0.25) is 0 Å². The van der Waals surface area contributed by atoms with Gasteiger partial charge in [-0.2, -0.15) is 11.8 Å². The monoisotopic (exact) mass is 193 g/mol. The standard InChI is InChI=1S/C7H15NO3S/c1-5(8)3-12-4-6(9)2-7(10)11/h5-6,9H,2-4,8H2,1H3,(H,10,11). The SMILES string of the molecule is CC(N)CSCC(O)CC(=O)O. The number of aliphatic carboxylic acids is 1. The van der Waals surface area contributed by atoms with Gasteiger partial charge in [0.15, 0.2) is 0 Å². The minimum absolute atomic E-state index is 0.0898. The molecule has 0 spiro atoms. The van der Waals surface area contributed by atoms with Gasteiger partial charge in [0.1, 0.15) is 0 Å². The van der Waals surface area contributed by atoms with Gasteiger partial charge in [-0.3, -0.25) is 4.79 Å². The lowest BCUT2D eigenvalue weighted by Gasteiger charge is -2.08. The van der Waals surface area contributed by atoms with E-state index in [1.54, 1.807) is 0 Å². The van der Waals surface area contributed by atoms with E-state index in [-0.39, 0.29) is 12.5 Å². The zero-order valence-corrected chi connectivity index (χ0v) is 7.88. The molecule has 0 saturated heterocycles. The molecule has 0 heterocycles. The predicted octanol–water partition coefficient (Wildman–Crippen LogP) is -0.0976. The Morgan fingerprint density at radius 1 is 1.58 bits per heavy atom. The summed E-state index contributed by atoms with van der Waals surface area (Å²) in [5.74, 6) is 0.216. The maximum Gasteiger partial charge on any atom is 0.306 e. The summed E-state index contributed by atoms with van der Waals surface area (Å²) in [7, 11) is 0. The molecule has 2 unspecified atom stereocenters. The number of carboxylic acid groups (broad SMARTS) is 1. The molecule has 0 amide bonds. The molecule has 0 radical (unpaired) electrons. The van der Waals surface area contributed by atoms with Crippen molar-refractivity contribution in [1.82, 2.24) is 0 Å². The van der Waals surface area contributed by atoms with Gasteiger partial charge in [0, 0.05) is 17.5 Å². The third-order valence-electron chi connectivity index (χ3n) is 1.10. The van der Waals surface area contributed by atoms with Crippen molar-refractivity contribution in [2.24, 2.45) is 5.73 Å². The maximum atomic E-state index is 10.1. The topological polar surface area (TPSA) is 83.5 Å². The minimum atomic E-state index is -0.969. The van der Waals surface area contributed by atoms with E-state index in [1.165, 1.54) is 11.8 Å². The highest BCUT2D eigenvalue weighted by Gasteiger charge is 2.09. The van der Waals surface area contributed by atoms with Crippen LogP contribution in [0.3, 0.4) is 0 Å². The lowest BCUT2D eigenvalue weighted by atomic mass is 10.3. The van der Waals surface area contributed by atoms with Crippen LogP contribution in [0.15, 0.2) is 0 Å². The molecule has 72 valence electrons. The van der Waals surface area contributed by atoms with Gasteiger partial charge in [-0.25, -0.2) is 0 Å². The minimum Gasteiger partial charge on any atom is -0.481 e. The summed E-state index contributed by atoms with van der Waals surface area (Å²) in [5, 5.41) is 17.4. The number of carboxylic acids is 1. The van der Waals surface area contributed by atoms with Crippen LogP contribution in [0.1, 0.15) is 13.3 Å². The van der Waals surface area contributed by atoms with Crippen LogP contribution in [-0.4, -0.2) is 39.8 Å². The molecule has 0 aliphatic carbocycles. The summed E-state index contributed by atoms with van der Waals surface area (Å²) in [6.07, 6.45) is -0.947. The number of nitrogens with two attached hydrogens (primary N) is 1. The Hall–Kier alpha value is -0.260. The molecule has 0 saturated carbocycles. The van der Waals surface area contributed by atoms with Gasteiger partial charge in [-0.1, -0.05) is 0 Å². The molecule has 4 N–H and O–H groups in total. The summed E-state index contributed by atoms with van der Waals surface area (Å²) in [5.41, 5.74) is 5.46. The van der Waals surface area contributed by atoms with Crippen molar-refractivity contribution < 1.29 is 15.0 Å². The fraction of sp³-hybridized carbons (Fsp3) is 0.857. The zero-order chi connectivity index (χ0) is 9.56. The van der Waals surface area contributed by atoms with E-state index < -0.39 is 12.1 Å². The Morgan fingerprint density at radius 2 is 2.17 bits per heavy atom. The number of hydrogen-bond donors (Lipinski definition) is 3. The normalized spacial score (nSPS) is 15.6. The lowest BCUT2D eigenvalue weighted by Crippen LogP contribution is -2.21. The van der Waals surface area contributed by atoms with Gasteiger partial charge in [0.05, 0.1) is 12.5 Å². The molecule has 0 bridgehead atoms. The summed E-state index contributed by atoms with van der Waals surface area (Å²) in [6.45, 7) is 1.87. The molecular weight excluding hydrogens is 178 g/mol. The van der Waals surface area contributed by atoms with E-state index in [0.29, 0.717) is 5.75 Å². The maximum absolute atomic E-state index is 10.1. The Kier molecular flexibility index (Phi) is 6.14. The Morgan fingerprint density at radius 3 is 2.58 bits per heavy atom. The fourth-order valence-electron chi connectivity index (χ4n) is 0.650. The van der Waals surface area contributed by atoms with Gasteiger partial charge in [-0.05, 0) is 6.92 Å². The Labute approximate surface area is 76.1 Å². The number of hydrogen-bond acceptors (Lipinski definition) is 4. The first kappa shape index (κ1) is 11.7. The van der Waals surface area contributed by atoms with Crippen LogP contribution in [0.4, 0.5) is 0 Å². The molecular formula is C7H15NO3S. The molecule has 0 aliphatic rings.